The van der Waals surface area contributed by atoms with Crippen LogP contribution in [0.5, 0.6) is 0 Å². The van der Waals surface area contributed by atoms with Crippen LogP contribution in [0.1, 0.15) is 33.1 Å². The van der Waals surface area contributed by atoms with E-state index >= 15 is 0 Å². The summed E-state index contributed by atoms with van der Waals surface area (Å²) in [7, 11) is 0. The molecule has 1 atom stereocenters. The molecule has 0 saturated heterocycles. The van der Waals surface area contributed by atoms with Gasteiger partial charge in [0.15, 0.2) is 0 Å². The highest BCUT2D eigenvalue weighted by Gasteiger charge is 2.19. The highest BCUT2D eigenvalue weighted by atomic mass is 16.5. The maximum absolute atomic E-state index is 5.58. The van der Waals surface area contributed by atoms with Gasteiger partial charge in [-0.15, -0.1) is 0 Å². The van der Waals surface area contributed by atoms with Crippen LogP contribution < -0.4 is 0 Å². The fourth-order valence-electron chi connectivity index (χ4n) is 0.889. The van der Waals surface area contributed by atoms with Crippen molar-refractivity contribution in [2.75, 3.05) is 0 Å². The summed E-state index contributed by atoms with van der Waals surface area (Å²) < 4.78 is 5.58. The van der Waals surface area contributed by atoms with Gasteiger partial charge in [0.25, 0.3) is 0 Å². The van der Waals surface area contributed by atoms with Crippen LogP contribution >= 0.6 is 0 Å². The zero-order chi connectivity index (χ0) is 6.69. The Kier molecular flexibility index (Phi) is 2.52. The van der Waals surface area contributed by atoms with Crippen LogP contribution in [0.4, 0.5) is 0 Å². The van der Waals surface area contributed by atoms with E-state index in [0.29, 0.717) is 12.2 Å². The van der Waals surface area contributed by atoms with E-state index in [-0.39, 0.29) is 0 Å². The summed E-state index contributed by atoms with van der Waals surface area (Å²) in [5.41, 5.74) is 0. The molecule has 1 saturated carbocycles. The van der Waals surface area contributed by atoms with E-state index in [1.54, 1.807) is 0 Å². The molecule has 0 aromatic carbocycles. The van der Waals surface area contributed by atoms with Crippen molar-refractivity contribution in [2.24, 2.45) is 0 Å². The quantitative estimate of drug-likeness (QED) is 0.564. The Morgan fingerprint density at radius 3 is 2.56 bits per heavy atom. The largest absolute Gasteiger partial charge is 0.375 e. The second-order valence-corrected chi connectivity index (χ2v) is 2.73. The first-order valence-electron chi connectivity index (χ1n) is 3.78. The normalized spacial score (nSPS) is 23.3. The number of rotatable bonds is 3. The standard InChI is InChI=1S/C8H15O/c1-3-7(2)9-8-5-4-6-8/h3,7-8H,4-6H2,1-2H3. The van der Waals surface area contributed by atoms with Gasteiger partial charge in [0.1, 0.15) is 0 Å². The van der Waals surface area contributed by atoms with Crippen LogP contribution in [-0.2, 0) is 4.74 Å². The third-order valence-corrected chi connectivity index (χ3v) is 1.93. The lowest BCUT2D eigenvalue weighted by molar-refractivity contribution is -0.0289. The summed E-state index contributed by atoms with van der Waals surface area (Å²) in [4.78, 5) is 0. The fourth-order valence-corrected chi connectivity index (χ4v) is 0.889. The monoisotopic (exact) mass is 127 g/mol. The van der Waals surface area contributed by atoms with Crippen molar-refractivity contribution in [2.45, 2.75) is 45.3 Å². The Hall–Kier alpha value is -0.0400. The molecule has 1 rings (SSSR count). The second-order valence-electron chi connectivity index (χ2n) is 2.73. The third kappa shape index (κ3) is 1.98. The Morgan fingerprint density at radius 2 is 2.22 bits per heavy atom. The van der Waals surface area contributed by atoms with Crippen molar-refractivity contribution in [3.8, 4) is 0 Å². The molecule has 1 radical (unpaired) electrons. The SMILES string of the molecule is C[CH]C(C)OC1CCC1. The van der Waals surface area contributed by atoms with Gasteiger partial charge in [-0.25, -0.2) is 0 Å². The van der Waals surface area contributed by atoms with Gasteiger partial charge in [-0.3, -0.25) is 0 Å². The van der Waals surface area contributed by atoms with E-state index in [9.17, 15) is 0 Å². The van der Waals surface area contributed by atoms with E-state index in [0.717, 1.165) is 0 Å². The highest BCUT2D eigenvalue weighted by Crippen LogP contribution is 2.23. The topological polar surface area (TPSA) is 9.23 Å². The summed E-state index contributed by atoms with van der Waals surface area (Å²) in [6, 6.07) is 0. The van der Waals surface area contributed by atoms with Gasteiger partial charge in [0.05, 0.1) is 12.2 Å². The molecule has 0 aromatic heterocycles. The minimum absolute atomic E-state index is 0.357. The minimum Gasteiger partial charge on any atom is -0.375 e. The summed E-state index contributed by atoms with van der Waals surface area (Å²) in [6.45, 7) is 4.14. The number of hydrogen-bond donors (Lipinski definition) is 0. The lowest BCUT2D eigenvalue weighted by Crippen LogP contribution is -2.26. The highest BCUT2D eigenvalue weighted by molar-refractivity contribution is 4.74. The molecular formula is C8H15O. The summed E-state index contributed by atoms with van der Waals surface area (Å²) >= 11 is 0. The first kappa shape index (κ1) is 7.07. The van der Waals surface area contributed by atoms with Crippen LogP contribution in [0.2, 0.25) is 0 Å². The van der Waals surface area contributed by atoms with Gasteiger partial charge in [0, 0.05) is 0 Å². The van der Waals surface area contributed by atoms with Crippen molar-refractivity contribution in [3.63, 3.8) is 0 Å². The van der Waals surface area contributed by atoms with Crippen molar-refractivity contribution < 1.29 is 4.74 Å². The lowest BCUT2D eigenvalue weighted by atomic mass is 9.96. The van der Waals surface area contributed by atoms with Crippen molar-refractivity contribution in [3.05, 3.63) is 6.42 Å². The van der Waals surface area contributed by atoms with E-state index in [1.165, 1.54) is 19.3 Å². The molecule has 1 heteroatoms. The third-order valence-electron chi connectivity index (χ3n) is 1.93. The van der Waals surface area contributed by atoms with Crippen molar-refractivity contribution >= 4 is 0 Å². The maximum atomic E-state index is 5.58. The van der Waals surface area contributed by atoms with E-state index in [4.69, 9.17) is 4.74 Å². The molecule has 0 N–H and O–H groups in total. The molecule has 1 nitrogen and oxygen atoms in total. The van der Waals surface area contributed by atoms with Gasteiger partial charge in [0.2, 0.25) is 0 Å². The first-order chi connectivity index (χ1) is 4.33. The van der Waals surface area contributed by atoms with E-state index in [2.05, 4.69) is 13.3 Å². The predicted molar refractivity (Wildman–Crippen MR) is 38.2 cm³/mol. The van der Waals surface area contributed by atoms with Crippen LogP contribution in [0.3, 0.4) is 0 Å². The van der Waals surface area contributed by atoms with E-state index < -0.39 is 0 Å². The van der Waals surface area contributed by atoms with Crippen molar-refractivity contribution in [1.82, 2.24) is 0 Å². The summed E-state index contributed by atoms with van der Waals surface area (Å²) in [6.07, 6.45) is 6.95. The van der Waals surface area contributed by atoms with Crippen LogP contribution in [0.15, 0.2) is 0 Å². The molecule has 0 aliphatic heterocycles. The van der Waals surface area contributed by atoms with Gasteiger partial charge in [-0.2, -0.15) is 0 Å². The Balaban J connectivity index is 2.01. The average molecular weight is 127 g/mol. The Bertz CT molecular complexity index is 73.9. The molecule has 0 aromatic rings. The molecular weight excluding hydrogens is 112 g/mol. The minimum atomic E-state index is 0.357. The maximum Gasteiger partial charge on any atom is 0.0579 e. The first-order valence-corrected chi connectivity index (χ1v) is 3.78. The molecule has 53 valence electrons. The predicted octanol–water partition coefficient (Wildman–Crippen LogP) is 2.17. The Labute approximate surface area is 57.4 Å². The molecule has 1 fully saturated rings. The van der Waals surface area contributed by atoms with Gasteiger partial charge in [-0.1, -0.05) is 6.92 Å². The lowest BCUT2D eigenvalue weighted by Gasteiger charge is -2.28. The molecule has 0 heterocycles. The van der Waals surface area contributed by atoms with Gasteiger partial charge in [-0.05, 0) is 32.6 Å². The molecule has 0 amide bonds. The molecule has 9 heavy (non-hydrogen) atoms. The zero-order valence-electron chi connectivity index (χ0n) is 6.26. The summed E-state index contributed by atoms with van der Waals surface area (Å²) in [5, 5.41) is 0. The van der Waals surface area contributed by atoms with Crippen LogP contribution in [-0.4, -0.2) is 12.2 Å². The molecule has 1 aliphatic carbocycles. The van der Waals surface area contributed by atoms with Crippen LogP contribution in [0.25, 0.3) is 0 Å². The molecule has 1 unspecified atom stereocenters. The zero-order valence-corrected chi connectivity index (χ0v) is 6.26. The molecule has 0 spiro atoms. The molecule has 0 bridgehead atoms. The van der Waals surface area contributed by atoms with Gasteiger partial charge >= 0.3 is 0 Å². The van der Waals surface area contributed by atoms with E-state index in [1.807, 2.05) is 6.92 Å². The van der Waals surface area contributed by atoms with Crippen molar-refractivity contribution in [1.29, 1.82) is 0 Å². The van der Waals surface area contributed by atoms with Gasteiger partial charge < -0.3 is 4.74 Å². The second kappa shape index (κ2) is 3.21. The number of ether oxygens (including phenoxy) is 1. The Morgan fingerprint density at radius 1 is 1.56 bits per heavy atom. The fraction of sp³-hybridized carbons (Fsp3) is 0.875. The number of hydrogen-bond acceptors (Lipinski definition) is 1. The van der Waals surface area contributed by atoms with Crippen LogP contribution in [0, 0.1) is 6.42 Å². The smallest absolute Gasteiger partial charge is 0.0579 e. The summed E-state index contributed by atoms with van der Waals surface area (Å²) in [5.74, 6) is 0. The average Bonchev–Trinajstić information content (AvgIpc) is 1.78. The molecule has 1 aliphatic rings.